The highest BCUT2D eigenvalue weighted by molar-refractivity contribution is 6.31. The number of nitrogens with zero attached hydrogens (tertiary/aromatic N) is 1. The van der Waals surface area contributed by atoms with Gasteiger partial charge in [0, 0.05) is 10.7 Å². The van der Waals surface area contributed by atoms with Gasteiger partial charge in [-0.15, -0.1) is 0 Å². The number of anilines is 1. The van der Waals surface area contributed by atoms with Gasteiger partial charge in [-0.05, 0) is 31.5 Å². The van der Waals surface area contributed by atoms with E-state index in [0.717, 1.165) is 11.3 Å². The van der Waals surface area contributed by atoms with Crippen molar-refractivity contribution in [3.8, 4) is 0 Å². The van der Waals surface area contributed by atoms with Gasteiger partial charge in [-0.25, -0.2) is 4.98 Å². The van der Waals surface area contributed by atoms with Crippen LogP contribution in [0.25, 0.3) is 0 Å². The van der Waals surface area contributed by atoms with Gasteiger partial charge >= 0.3 is 0 Å². The lowest BCUT2D eigenvalue weighted by Crippen LogP contribution is -2.15. The van der Waals surface area contributed by atoms with Crippen LogP contribution in [0, 0.1) is 13.8 Å². The average molecular weight is 265 g/mol. The number of carbonyl (C=O) groups is 1. The SMILES string of the molecule is Cc1ccc(Cl)cc1NC(=O)Cc1ocnc1C. The molecule has 1 N–H and O–H groups in total. The second-order valence-electron chi connectivity index (χ2n) is 4.05. The molecule has 2 rings (SSSR count). The van der Waals surface area contributed by atoms with Gasteiger partial charge in [-0.1, -0.05) is 17.7 Å². The van der Waals surface area contributed by atoms with Crippen molar-refractivity contribution >= 4 is 23.2 Å². The number of hydrogen-bond donors (Lipinski definition) is 1. The number of nitrogens with one attached hydrogen (secondary N) is 1. The van der Waals surface area contributed by atoms with Crippen molar-refractivity contribution in [3.63, 3.8) is 0 Å². The fourth-order valence-electron chi connectivity index (χ4n) is 1.57. The molecule has 0 aliphatic rings. The van der Waals surface area contributed by atoms with Crippen LogP contribution in [-0.2, 0) is 11.2 Å². The molecule has 2 aromatic rings. The van der Waals surface area contributed by atoms with Crippen LogP contribution in [0.1, 0.15) is 17.0 Å². The molecule has 0 saturated carbocycles. The van der Waals surface area contributed by atoms with E-state index in [1.165, 1.54) is 6.39 Å². The minimum atomic E-state index is -0.153. The fourth-order valence-corrected chi connectivity index (χ4v) is 1.74. The quantitative estimate of drug-likeness (QED) is 0.927. The van der Waals surface area contributed by atoms with Crippen LogP contribution >= 0.6 is 11.6 Å². The maximum atomic E-state index is 11.9. The van der Waals surface area contributed by atoms with Gasteiger partial charge in [0.05, 0.1) is 12.1 Å². The van der Waals surface area contributed by atoms with E-state index >= 15 is 0 Å². The molecule has 0 atom stereocenters. The van der Waals surface area contributed by atoms with E-state index in [9.17, 15) is 4.79 Å². The van der Waals surface area contributed by atoms with Crippen LogP contribution in [0.5, 0.6) is 0 Å². The van der Waals surface area contributed by atoms with E-state index in [0.29, 0.717) is 16.5 Å². The van der Waals surface area contributed by atoms with Gasteiger partial charge < -0.3 is 9.73 Å². The molecule has 0 fully saturated rings. The van der Waals surface area contributed by atoms with Gasteiger partial charge in [0.25, 0.3) is 0 Å². The predicted octanol–water partition coefficient (Wildman–Crippen LogP) is 3.13. The first kappa shape index (κ1) is 12.6. The van der Waals surface area contributed by atoms with E-state index < -0.39 is 0 Å². The maximum absolute atomic E-state index is 11.9. The monoisotopic (exact) mass is 264 g/mol. The van der Waals surface area contributed by atoms with Crippen LogP contribution in [-0.4, -0.2) is 10.9 Å². The molecule has 1 amide bonds. The molecule has 0 bridgehead atoms. The average Bonchev–Trinajstić information content (AvgIpc) is 2.70. The standard InChI is InChI=1S/C13H13ClN2O2/c1-8-3-4-10(14)5-11(8)16-13(17)6-12-9(2)15-7-18-12/h3-5,7H,6H2,1-2H3,(H,16,17). The Morgan fingerprint density at radius 2 is 2.22 bits per heavy atom. The third-order valence-corrected chi connectivity index (χ3v) is 2.87. The lowest BCUT2D eigenvalue weighted by Gasteiger charge is -2.08. The summed E-state index contributed by atoms with van der Waals surface area (Å²) in [6, 6.07) is 5.37. The molecule has 0 aliphatic carbocycles. The summed E-state index contributed by atoms with van der Waals surface area (Å²) in [5.74, 6) is 0.424. The van der Waals surface area contributed by atoms with Crippen LogP contribution in [0.4, 0.5) is 5.69 Å². The molecule has 0 spiro atoms. The van der Waals surface area contributed by atoms with E-state index in [-0.39, 0.29) is 12.3 Å². The summed E-state index contributed by atoms with van der Waals surface area (Å²) in [5.41, 5.74) is 2.40. The molecule has 4 nitrogen and oxygen atoms in total. The Morgan fingerprint density at radius 3 is 2.89 bits per heavy atom. The number of aryl methyl sites for hydroxylation is 2. The van der Waals surface area contributed by atoms with Gasteiger partial charge in [0.2, 0.25) is 5.91 Å². The summed E-state index contributed by atoms with van der Waals surface area (Å²) < 4.78 is 5.13. The molecule has 1 aromatic carbocycles. The third kappa shape index (κ3) is 2.90. The lowest BCUT2D eigenvalue weighted by molar-refractivity contribution is -0.115. The van der Waals surface area contributed by atoms with Crippen LogP contribution in [0.15, 0.2) is 29.0 Å². The maximum Gasteiger partial charge on any atom is 0.232 e. The molecule has 1 aromatic heterocycles. The highest BCUT2D eigenvalue weighted by Gasteiger charge is 2.11. The Kier molecular flexibility index (Phi) is 3.67. The topological polar surface area (TPSA) is 55.1 Å². The Labute approximate surface area is 110 Å². The van der Waals surface area contributed by atoms with Crippen molar-refractivity contribution < 1.29 is 9.21 Å². The Morgan fingerprint density at radius 1 is 1.44 bits per heavy atom. The van der Waals surface area contributed by atoms with Crippen molar-refractivity contribution in [2.45, 2.75) is 20.3 Å². The van der Waals surface area contributed by atoms with Crippen molar-refractivity contribution in [2.24, 2.45) is 0 Å². The summed E-state index contributed by atoms with van der Waals surface area (Å²) in [4.78, 5) is 15.8. The van der Waals surface area contributed by atoms with Crippen molar-refractivity contribution in [2.75, 3.05) is 5.32 Å². The number of benzene rings is 1. The number of oxazole rings is 1. The van der Waals surface area contributed by atoms with Crippen molar-refractivity contribution in [1.82, 2.24) is 4.98 Å². The van der Waals surface area contributed by atoms with Gasteiger partial charge in [-0.2, -0.15) is 0 Å². The molecular formula is C13H13ClN2O2. The number of hydrogen-bond acceptors (Lipinski definition) is 3. The van der Waals surface area contributed by atoms with Crippen LogP contribution < -0.4 is 5.32 Å². The van der Waals surface area contributed by atoms with Crippen LogP contribution in [0.3, 0.4) is 0 Å². The minimum absolute atomic E-state index is 0.153. The summed E-state index contributed by atoms with van der Waals surface area (Å²) >= 11 is 5.89. The van der Waals surface area contributed by atoms with E-state index in [1.54, 1.807) is 19.1 Å². The summed E-state index contributed by atoms with van der Waals surface area (Å²) in [6.07, 6.45) is 1.50. The highest BCUT2D eigenvalue weighted by atomic mass is 35.5. The lowest BCUT2D eigenvalue weighted by atomic mass is 10.2. The van der Waals surface area contributed by atoms with E-state index in [1.807, 2.05) is 13.0 Å². The summed E-state index contributed by atoms with van der Waals surface area (Å²) in [5, 5.41) is 3.39. The third-order valence-electron chi connectivity index (χ3n) is 2.64. The highest BCUT2D eigenvalue weighted by Crippen LogP contribution is 2.20. The zero-order valence-corrected chi connectivity index (χ0v) is 10.9. The van der Waals surface area contributed by atoms with Gasteiger partial charge in [0.15, 0.2) is 6.39 Å². The van der Waals surface area contributed by atoms with Gasteiger partial charge in [0.1, 0.15) is 5.76 Å². The zero-order valence-electron chi connectivity index (χ0n) is 10.2. The van der Waals surface area contributed by atoms with E-state index in [4.69, 9.17) is 16.0 Å². The minimum Gasteiger partial charge on any atom is -0.448 e. The molecular weight excluding hydrogens is 252 g/mol. The fraction of sp³-hybridized carbons (Fsp3) is 0.231. The molecule has 0 radical (unpaired) electrons. The molecule has 94 valence electrons. The summed E-state index contributed by atoms with van der Waals surface area (Å²) in [7, 11) is 0. The Bertz CT molecular complexity index is 578. The molecule has 0 unspecified atom stereocenters. The predicted molar refractivity (Wildman–Crippen MR) is 69.8 cm³/mol. The van der Waals surface area contributed by atoms with E-state index in [2.05, 4.69) is 10.3 Å². The zero-order chi connectivity index (χ0) is 13.1. The smallest absolute Gasteiger partial charge is 0.232 e. The largest absolute Gasteiger partial charge is 0.448 e. The molecule has 1 heterocycles. The number of carbonyl (C=O) groups excluding carboxylic acids is 1. The Hall–Kier alpha value is -1.81. The van der Waals surface area contributed by atoms with Crippen molar-refractivity contribution in [3.05, 3.63) is 46.6 Å². The first-order chi connectivity index (χ1) is 8.56. The molecule has 0 saturated heterocycles. The van der Waals surface area contributed by atoms with Gasteiger partial charge in [-0.3, -0.25) is 4.79 Å². The first-order valence-corrected chi connectivity index (χ1v) is 5.89. The Balaban J connectivity index is 2.08. The number of aromatic nitrogens is 1. The number of rotatable bonds is 3. The van der Waals surface area contributed by atoms with Crippen molar-refractivity contribution in [1.29, 1.82) is 0 Å². The molecule has 18 heavy (non-hydrogen) atoms. The van der Waals surface area contributed by atoms with Crippen LogP contribution in [0.2, 0.25) is 5.02 Å². The number of amides is 1. The number of halogens is 1. The second-order valence-corrected chi connectivity index (χ2v) is 4.48. The molecule has 5 heteroatoms. The first-order valence-electron chi connectivity index (χ1n) is 5.51. The summed E-state index contributed by atoms with van der Waals surface area (Å²) in [6.45, 7) is 3.71. The molecule has 0 aliphatic heterocycles. The second kappa shape index (κ2) is 5.23. The normalized spacial score (nSPS) is 10.4.